The van der Waals surface area contributed by atoms with Crippen LogP contribution in [0.4, 0.5) is 0 Å². The molecule has 0 bridgehead atoms. The van der Waals surface area contributed by atoms with Gasteiger partial charge >= 0.3 is 5.97 Å². The summed E-state index contributed by atoms with van der Waals surface area (Å²) in [6.45, 7) is 0.490. The van der Waals surface area contributed by atoms with Crippen LogP contribution in [0.5, 0.6) is 0 Å². The highest BCUT2D eigenvalue weighted by Crippen LogP contribution is 1.97. The van der Waals surface area contributed by atoms with Crippen molar-refractivity contribution in [3.63, 3.8) is 0 Å². The minimum Gasteiger partial charge on any atom is -0.480 e. The molecule has 1 aromatic rings. The molecule has 0 aliphatic carbocycles. The lowest BCUT2D eigenvalue weighted by atomic mass is 10.1. The molecule has 1 rings (SSSR count). The first kappa shape index (κ1) is 13.2. The molecule has 5 heteroatoms. The monoisotopic (exact) mass is 236 g/mol. The van der Waals surface area contributed by atoms with E-state index in [9.17, 15) is 9.59 Å². The highest BCUT2D eigenvalue weighted by molar-refractivity contribution is 5.82. The van der Waals surface area contributed by atoms with E-state index in [1.807, 2.05) is 30.3 Å². The molecule has 0 aromatic heterocycles. The van der Waals surface area contributed by atoms with Crippen molar-refractivity contribution in [1.82, 2.24) is 10.6 Å². The Bertz CT molecular complexity index is 365. The lowest BCUT2D eigenvalue weighted by Crippen LogP contribution is -2.37. The minimum absolute atomic E-state index is 0.139. The lowest BCUT2D eigenvalue weighted by molar-refractivity contribution is -0.137. The van der Waals surface area contributed by atoms with Gasteiger partial charge in [0.2, 0.25) is 5.91 Å². The summed E-state index contributed by atoms with van der Waals surface area (Å²) < 4.78 is 0. The number of carboxylic acid groups (broad SMARTS) is 1. The Kier molecular flexibility index (Phi) is 5.74. The number of carbonyl (C=O) groups is 2. The van der Waals surface area contributed by atoms with Crippen LogP contribution in [0.15, 0.2) is 30.3 Å². The van der Waals surface area contributed by atoms with E-state index in [4.69, 9.17) is 5.11 Å². The van der Waals surface area contributed by atoms with Crippen LogP contribution >= 0.6 is 0 Å². The van der Waals surface area contributed by atoms with Crippen LogP contribution in [-0.2, 0) is 16.0 Å². The number of carboxylic acids is 1. The van der Waals surface area contributed by atoms with Crippen molar-refractivity contribution in [2.75, 3.05) is 19.6 Å². The summed E-state index contributed by atoms with van der Waals surface area (Å²) >= 11 is 0. The minimum atomic E-state index is -1.04. The van der Waals surface area contributed by atoms with Crippen LogP contribution in [0.3, 0.4) is 0 Å². The van der Waals surface area contributed by atoms with Gasteiger partial charge in [0.05, 0.1) is 6.54 Å². The molecule has 0 saturated carbocycles. The Morgan fingerprint density at radius 2 is 1.82 bits per heavy atom. The molecule has 0 aliphatic heterocycles. The number of carbonyl (C=O) groups excluding carboxylic acids is 1. The largest absolute Gasteiger partial charge is 0.480 e. The van der Waals surface area contributed by atoms with Gasteiger partial charge in [0.1, 0.15) is 6.54 Å². The topological polar surface area (TPSA) is 78.4 Å². The Morgan fingerprint density at radius 1 is 1.12 bits per heavy atom. The third kappa shape index (κ3) is 6.32. The lowest BCUT2D eigenvalue weighted by Gasteiger charge is -2.05. The molecule has 3 N–H and O–H groups in total. The van der Waals surface area contributed by atoms with Gasteiger partial charge in [-0.2, -0.15) is 0 Å². The predicted octanol–water partition coefficient (Wildman–Crippen LogP) is 0.0195. The normalized spacial score (nSPS) is 9.88. The van der Waals surface area contributed by atoms with Gasteiger partial charge in [-0.1, -0.05) is 30.3 Å². The predicted molar refractivity (Wildman–Crippen MR) is 63.7 cm³/mol. The second-order valence-electron chi connectivity index (χ2n) is 3.58. The van der Waals surface area contributed by atoms with Crippen molar-refractivity contribution in [2.45, 2.75) is 6.42 Å². The molecule has 17 heavy (non-hydrogen) atoms. The molecule has 0 unspecified atom stereocenters. The summed E-state index contributed by atoms with van der Waals surface area (Å²) in [5, 5.41) is 13.6. The molecule has 92 valence electrons. The number of hydrogen-bond acceptors (Lipinski definition) is 3. The van der Waals surface area contributed by atoms with Crippen molar-refractivity contribution in [1.29, 1.82) is 0 Å². The van der Waals surface area contributed by atoms with E-state index >= 15 is 0 Å². The third-order valence-electron chi connectivity index (χ3n) is 2.16. The van der Waals surface area contributed by atoms with Crippen molar-refractivity contribution in [3.8, 4) is 0 Å². The number of aliphatic carboxylic acids is 1. The molecule has 0 atom stereocenters. The summed E-state index contributed by atoms with van der Waals surface area (Å²) in [5.74, 6) is -1.34. The molecule has 0 aliphatic rings. The van der Waals surface area contributed by atoms with Gasteiger partial charge < -0.3 is 15.7 Å². The maximum atomic E-state index is 11.1. The highest BCUT2D eigenvalue weighted by atomic mass is 16.4. The summed E-state index contributed by atoms with van der Waals surface area (Å²) in [6, 6.07) is 9.93. The van der Waals surface area contributed by atoms with Gasteiger partial charge in [0.25, 0.3) is 0 Å². The first-order valence-electron chi connectivity index (χ1n) is 5.41. The number of benzene rings is 1. The van der Waals surface area contributed by atoms with Crippen LogP contribution in [0.2, 0.25) is 0 Å². The fraction of sp³-hybridized carbons (Fsp3) is 0.333. The SMILES string of the molecule is O=C(O)CNC(=O)CNCCc1ccccc1. The number of rotatable bonds is 7. The maximum Gasteiger partial charge on any atom is 0.322 e. The van der Waals surface area contributed by atoms with Gasteiger partial charge in [-0.15, -0.1) is 0 Å². The van der Waals surface area contributed by atoms with Crippen LogP contribution in [-0.4, -0.2) is 36.6 Å². The number of hydrogen-bond donors (Lipinski definition) is 3. The number of amides is 1. The zero-order valence-electron chi connectivity index (χ0n) is 9.48. The average molecular weight is 236 g/mol. The maximum absolute atomic E-state index is 11.1. The van der Waals surface area contributed by atoms with E-state index in [1.54, 1.807) is 0 Å². The van der Waals surface area contributed by atoms with Crippen LogP contribution in [0.25, 0.3) is 0 Å². The summed E-state index contributed by atoms with van der Waals surface area (Å²) in [5.41, 5.74) is 1.20. The molecule has 0 saturated heterocycles. The molecule has 1 amide bonds. The molecule has 1 aromatic carbocycles. The van der Waals surface area contributed by atoms with Gasteiger partial charge in [-0.25, -0.2) is 0 Å². The Hall–Kier alpha value is -1.88. The van der Waals surface area contributed by atoms with Crippen LogP contribution in [0, 0.1) is 0 Å². The molecule has 0 heterocycles. The fourth-order valence-corrected chi connectivity index (χ4v) is 1.32. The van der Waals surface area contributed by atoms with Crippen molar-refractivity contribution >= 4 is 11.9 Å². The van der Waals surface area contributed by atoms with E-state index in [1.165, 1.54) is 5.56 Å². The first-order chi connectivity index (χ1) is 8.18. The first-order valence-corrected chi connectivity index (χ1v) is 5.41. The quantitative estimate of drug-likeness (QED) is 0.583. The smallest absolute Gasteiger partial charge is 0.322 e. The van der Waals surface area contributed by atoms with Gasteiger partial charge in [-0.05, 0) is 18.5 Å². The summed E-state index contributed by atoms with van der Waals surface area (Å²) in [6.07, 6.45) is 0.840. The van der Waals surface area contributed by atoms with E-state index < -0.39 is 5.97 Å². The Balaban J connectivity index is 2.08. The highest BCUT2D eigenvalue weighted by Gasteiger charge is 2.02. The Labute approximate surface area is 99.8 Å². The van der Waals surface area contributed by atoms with Crippen molar-refractivity contribution < 1.29 is 14.7 Å². The van der Waals surface area contributed by atoms with Gasteiger partial charge in [0, 0.05) is 0 Å². The summed E-state index contributed by atoms with van der Waals surface area (Å²) in [7, 11) is 0. The van der Waals surface area contributed by atoms with E-state index in [2.05, 4.69) is 10.6 Å². The molecule has 0 radical (unpaired) electrons. The van der Waals surface area contributed by atoms with Gasteiger partial charge in [0.15, 0.2) is 0 Å². The molecule has 0 fully saturated rings. The zero-order valence-corrected chi connectivity index (χ0v) is 9.48. The second kappa shape index (κ2) is 7.40. The zero-order chi connectivity index (χ0) is 12.5. The third-order valence-corrected chi connectivity index (χ3v) is 2.16. The fourth-order valence-electron chi connectivity index (χ4n) is 1.32. The van der Waals surface area contributed by atoms with Crippen LogP contribution < -0.4 is 10.6 Å². The second-order valence-corrected chi connectivity index (χ2v) is 3.58. The van der Waals surface area contributed by atoms with Crippen molar-refractivity contribution in [3.05, 3.63) is 35.9 Å². The number of nitrogens with one attached hydrogen (secondary N) is 2. The molecular formula is C12H16N2O3. The van der Waals surface area contributed by atoms with Crippen molar-refractivity contribution in [2.24, 2.45) is 0 Å². The standard InChI is InChI=1S/C12H16N2O3/c15-11(14-9-12(16)17)8-13-7-6-10-4-2-1-3-5-10/h1-5,13H,6-9H2,(H,14,15)(H,16,17). The van der Waals surface area contributed by atoms with Crippen LogP contribution in [0.1, 0.15) is 5.56 Å². The van der Waals surface area contributed by atoms with Gasteiger partial charge in [-0.3, -0.25) is 9.59 Å². The van der Waals surface area contributed by atoms with E-state index in [0.717, 1.165) is 6.42 Å². The Morgan fingerprint density at radius 3 is 2.47 bits per heavy atom. The average Bonchev–Trinajstić information content (AvgIpc) is 2.33. The van der Waals surface area contributed by atoms with E-state index in [0.29, 0.717) is 6.54 Å². The molecule has 0 spiro atoms. The molecular weight excluding hydrogens is 220 g/mol. The summed E-state index contributed by atoms with van der Waals surface area (Å²) in [4.78, 5) is 21.3. The molecule has 5 nitrogen and oxygen atoms in total. The van der Waals surface area contributed by atoms with E-state index in [-0.39, 0.29) is 19.0 Å².